The first-order valence-electron chi connectivity index (χ1n) is 13.7. The van der Waals surface area contributed by atoms with Crippen LogP contribution in [0.15, 0.2) is 12.2 Å². The molecule has 0 aliphatic heterocycles. The molecule has 3 N–H and O–H groups in total. The highest BCUT2D eigenvalue weighted by Gasteiger charge is 2.68. The molecule has 3 nitrogen and oxygen atoms in total. The summed E-state index contributed by atoms with van der Waals surface area (Å²) < 4.78 is 0. The molecule has 4 aliphatic carbocycles. The van der Waals surface area contributed by atoms with Crippen molar-refractivity contribution in [3.8, 4) is 0 Å². The van der Waals surface area contributed by atoms with Gasteiger partial charge in [-0.25, -0.2) is 0 Å². The lowest BCUT2D eigenvalue weighted by Crippen LogP contribution is -2.66. The molecule has 4 saturated carbocycles. The SMILES string of the molecule is CC(C)[C@@H](C)/C=C/[C@@H](C)[C@H]1CC[C@H]2[C@]3(O)CC[C@H]4[C@H](C)[C@@H](O)CC[C@]4(C)[C@H]3CC[C@]12CO. The number of aliphatic hydroxyl groups excluding tert-OH is 2. The second-order valence-corrected chi connectivity index (χ2v) is 13.2. The third-order valence-electron chi connectivity index (χ3n) is 11.7. The highest BCUT2D eigenvalue weighted by atomic mass is 16.3. The lowest BCUT2D eigenvalue weighted by Gasteiger charge is -2.66. The molecule has 0 saturated heterocycles. The lowest BCUT2D eigenvalue weighted by atomic mass is 9.41. The molecule has 0 amide bonds. The van der Waals surface area contributed by atoms with Gasteiger partial charge in [-0.3, -0.25) is 0 Å². The number of fused-ring (bicyclic) bond motifs is 5. The minimum Gasteiger partial charge on any atom is -0.396 e. The van der Waals surface area contributed by atoms with Crippen LogP contribution in [0, 0.1) is 58.2 Å². The van der Waals surface area contributed by atoms with Crippen molar-refractivity contribution in [1.29, 1.82) is 0 Å². The van der Waals surface area contributed by atoms with Crippen LogP contribution in [0.2, 0.25) is 0 Å². The van der Waals surface area contributed by atoms with Gasteiger partial charge >= 0.3 is 0 Å². The summed E-state index contributed by atoms with van der Waals surface area (Å²) in [4.78, 5) is 0. The maximum absolute atomic E-state index is 12.4. The zero-order valence-corrected chi connectivity index (χ0v) is 21.6. The summed E-state index contributed by atoms with van der Waals surface area (Å²) in [5, 5.41) is 33.8. The number of allylic oxidation sites excluding steroid dienone is 2. The minimum absolute atomic E-state index is 0.115. The van der Waals surface area contributed by atoms with E-state index in [0.717, 1.165) is 51.4 Å². The molecule has 0 radical (unpaired) electrons. The molecular formula is C29H50O3. The Morgan fingerprint density at radius 3 is 2.28 bits per heavy atom. The predicted octanol–water partition coefficient (Wildman–Crippen LogP) is 5.82. The van der Waals surface area contributed by atoms with E-state index in [1.54, 1.807) is 0 Å². The standard InChI is InChI=1S/C29H50O3/c1-18(2)19(3)7-8-20(4)22-9-10-26-28(22,17-30)15-13-25-27(6)14-12-24(31)21(5)23(27)11-16-29(25,26)32/h7-8,18-26,30-32H,9-17H2,1-6H3/b8-7+/t19-,20+,21-,22+,23-,24-,25+,26+,27-,28-,29-/m0/s1. The first-order valence-corrected chi connectivity index (χ1v) is 13.7. The maximum Gasteiger partial charge on any atom is 0.0715 e. The normalized spacial score (nSPS) is 50.7. The molecule has 4 fully saturated rings. The Morgan fingerprint density at radius 1 is 0.906 bits per heavy atom. The molecule has 0 aromatic heterocycles. The summed E-state index contributed by atoms with van der Waals surface area (Å²) in [6.45, 7) is 14.1. The second-order valence-electron chi connectivity index (χ2n) is 13.2. The molecular weight excluding hydrogens is 396 g/mol. The number of hydrogen-bond donors (Lipinski definition) is 3. The van der Waals surface area contributed by atoms with Crippen LogP contribution in [-0.2, 0) is 0 Å². The van der Waals surface area contributed by atoms with Crippen LogP contribution in [-0.4, -0.2) is 33.6 Å². The second kappa shape index (κ2) is 8.68. The molecule has 0 spiro atoms. The van der Waals surface area contributed by atoms with Crippen LogP contribution < -0.4 is 0 Å². The van der Waals surface area contributed by atoms with E-state index in [1.807, 2.05) is 0 Å². The van der Waals surface area contributed by atoms with Crippen LogP contribution in [0.3, 0.4) is 0 Å². The van der Waals surface area contributed by atoms with Crippen molar-refractivity contribution in [2.24, 2.45) is 58.2 Å². The smallest absolute Gasteiger partial charge is 0.0715 e. The van der Waals surface area contributed by atoms with Gasteiger partial charge in [0.05, 0.1) is 11.7 Å². The first-order chi connectivity index (χ1) is 15.0. The number of hydrogen-bond acceptors (Lipinski definition) is 3. The molecule has 0 aromatic carbocycles. The molecule has 3 heteroatoms. The van der Waals surface area contributed by atoms with Crippen molar-refractivity contribution in [1.82, 2.24) is 0 Å². The Labute approximate surface area is 197 Å². The topological polar surface area (TPSA) is 60.7 Å². The fourth-order valence-electron chi connectivity index (χ4n) is 9.43. The van der Waals surface area contributed by atoms with Gasteiger partial charge in [0.15, 0.2) is 0 Å². The summed E-state index contributed by atoms with van der Waals surface area (Å²) >= 11 is 0. The molecule has 184 valence electrons. The largest absolute Gasteiger partial charge is 0.396 e. The minimum atomic E-state index is -0.655. The van der Waals surface area contributed by atoms with E-state index in [2.05, 4.69) is 53.7 Å². The Balaban J connectivity index is 1.61. The molecule has 11 atom stereocenters. The molecule has 0 bridgehead atoms. The summed E-state index contributed by atoms with van der Waals surface area (Å²) in [7, 11) is 0. The van der Waals surface area contributed by atoms with Gasteiger partial charge < -0.3 is 15.3 Å². The lowest BCUT2D eigenvalue weighted by molar-refractivity contribution is -0.242. The molecule has 0 heterocycles. The van der Waals surface area contributed by atoms with Gasteiger partial charge in [0.2, 0.25) is 0 Å². The Morgan fingerprint density at radius 2 is 1.62 bits per heavy atom. The summed E-state index contributed by atoms with van der Waals surface area (Å²) in [5.74, 6) is 3.45. The Hall–Kier alpha value is -0.380. The summed E-state index contributed by atoms with van der Waals surface area (Å²) in [6.07, 6.45) is 12.6. The summed E-state index contributed by atoms with van der Waals surface area (Å²) in [5.41, 5.74) is -0.680. The van der Waals surface area contributed by atoms with Crippen LogP contribution in [0.5, 0.6) is 0 Å². The zero-order valence-electron chi connectivity index (χ0n) is 21.6. The van der Waals surface area contributed by atoms with Gasteiger partial charge in [0.25, 0.3) is 0 Å². The van der Waals surface area contributed by atoms with Crippen LogP contribution in [0.1, 0.15) is 92.9 Å². The van der Waals surface area contributed by atoms with Gasteiger partial charge in [-0.15, -0.1) is 0 Å². The van der Waals surface area contributed by atoms with Crippen LogP contribution >= 0.6 is 0 Å². The third-order valence-corrected chi connectivity index (χ3v) is 11.7. The average molecular weight is 447 g/mol. The van der Waals surface area contributed by atoms with Crippen molar-refractivity contribution >= 4 is 0 Å². The van der Waals surface area contributed by atoms with Crippen molar-refractivity contribution in [2.45, 2.75) is 105 Å². The van der Waals surface area contributed by atoms with Gasteiger partial charge in [0, 0.05) is 12.0 Å². The molecule has 0 unspecified atom stereocenters. The monoisotopic (exact) mass is 446 g/mol. The quantitative estimate of drug-likeness (QED) is 0.466. The van der Waals surface area contributed by atoms with E-state index in [0.29, 0.717) is 41.4 Å². The van der Waals surface area contributed by atoms with E-state index in [9.17, 15) is 15.3 Å². The van der Waals surface area contributed by atoms with Crippen molar-refractivity contribution in [3.63, 3.8) is 0 Å². The van der Waals surface area contributed by atoms with Gasteiger partial charge in [0.1, 0.15) is 0 Å². The molecule has 32 heavy (non-hydrogen) atoms. The number of rotatable bonds is 5. The fourth-order valence-corrected chi connectivity index (χ4v) is 9.43. The molecule has 4 rings (SSSR count). The van der Waals surface area contributed by atoms with Crippen molar-refractivity contribution in [2.75, 3.05) is 6.61 Å². The molecule has 0 aromatic rings. The van der Waals surface area contributed by atoms with Gasteiger partial charge in [-0.1, -0.05) is 53.7 Å². The van der Waals surface area contributed by atoms with Crippen LogP contribution in [0.25, 0.3) is 0 Å². The maximum atomic E-state index is 12.4. The van der Waals surface area contributed by atoms with Gasteiger partial charge in [-0.05, 0) is 104 Å². The Bertz CT molecular complexity index is 703. The van der Waals surface area contributed by atoms with Crippen LogP contribution in [0.4, 0.5) is 0 Å². The van der Waals surface area contributed by atoms with Crippen molar-refractivity contribution < 1.29 is 15.3 Å². The van der Waals surface area contributed by atoms with E-state index in [4.69, 9.17) is 0 Å². The van der Waals surface area contributed by atoms with Crippen molar-refractivity contribution in [3.05, 3.63) is 12.2 Å². The number of aliphatic hydroxyl groups is 3. The average Bonchev–Trinajstić information content (AvgIpc) is 3.15. The van der Waals surface area contributed by atoms with E-state index >= 15 is 0 Å². The summed E-state index contributed by atoms with van der Waals surface area (Å²) in [6, 6.07) is 0. The highest BCUT2D eigenvalue weighted by molar-refractivity contribution is 5.18. The third kappa shape index (κ3) is 3.55. The first kappa shape index (κ1) is 24.7. The molecule has 4 aliphatic rings. The zero-order chi connectivity index (χ0) is 23.5. The predicted molar refractivity (Wildman–Crippen MR) is 131 cm³/mol. The Kier molecular flexibility index (Phi) is 6.71. The van der Waals surface area contributed by atoms with E-state index < -0.39 is 5.60 Å². The fraction of sp³-hybridized carbons (Fsp3) is 0.931. The van der Waals surface area contributed by atoms with Gasteiger partial charge in [-0.2, -0.15) is 0 Å². The van der Waals surface area contributed by atoms with E-state index in [1.165, 1.54) is 0 Å². The van der Waals surface area contributed by atoms with E-state index in [-0.39, 0.29) is 29.5 Å². The highest BCUT2D eigenvalue weighted by Crippen LogP contribution is 2.70.